The highest BCUT2D eigenvalue weighted by molar-refractivity contribution is 7.92. The minimum Gasteiger partial charge on any atom is -0.387 e. The standard InChI is InChI=1S/C13H15F3O3S/c14-13(15,16)10-6-4-9(5-7-10)12(17)11-3-1-2-8-20(11,18)19/h4-7,11-12,17H,1-3,8H2. The summed E-state index contributed by atoms with van der Waals surface area (Å²) in [6, 6.07) is 3.98. The van der Waals surface area contributed by atoms with Gasteiger partial charge in [-0.2, -0.15) is 13.2 Å². The lowest BCUT2D eigenvalue weighted by atomic mass is 10.0. The van der Waals surface area contributed by atoms with Gasteiger partial charge in [0.25, 0.3) is 0 Å². The number of hydrogen-bond donors (Lipinski definition) is 1. The molecule has 1 heterocycles. The van der Waals surface area contributed by atoms with Gasteiger partial charge in [-0.15, -0.1) is 0 Å². The number of alkyl halides is 3. The number of rotatable bonds is 2. The van der Waals surface area contributed by atoms with Crippen molar-refractivity contribution in [1.82, 2.24) is 0 Å². The molecule has 0 spiro atoms. The molecule has 3 nitrogen and oxygen atoms in total. The van der Waals surface area contributed by atoms with Crippen LogP contribution in [0.5, 0.6) is 0 Å². The smallest absolute Gasteiger partial charge is 0.387 e. The summed E-state index contributed by atoms with van der Waals surface area (Å²) in [5.74, 6) is 0.0232. The molecule has 2 atom stereocenters. The minimum atomic E-state index is -4.44. The Morgan fingerprint density at radius 1 is 1.15 bits per heavy atom. The fraction of sp³-hybridized carbons (Fsp3) is 0.538. The topological polar surface area (TPSA) is 54.4 Å². The van der Waals surface area contributed by atoms with Crippen LogP contribution in [0, 0.1) is 0 Å². The van der Waals surface area contributed by atoms with Crippen LogP contribution in [0.1, 0.15) is 36.5 Å². The van der Waals surface area contributed by atoms with Crippen LogP contribution in [-0.4, -0.2) is 24.5 Å². The van der Waals surface area contributed by atoms with E-state index in [0.717, 1.165) is 24.3 Å². The quantitative estimate of drug-likeness (QED) is 0.914. The monoisotopic (exact) mass is 308 g/mol. The molecule has 1 N–H and O–H groups in total. The Morgan fingerprint density at radius 3 is 2.25 bits per heavy atom. The summed E-state index contributed by atoms with van der Waals surface area (Å²) in [6.45, 7) is 0. The Labute approximate surface area is 115 Å². The van der Waals surface area contributed by atoms with Gasteiger partial charge in [-0.25, -0.2) is 8.42 Å². The molecule has 0 aliphatic carbocycles. The summed E-state index contributed by atoms with van der Waals surface area (Å²) in [4.78, 5) is 0. The van der Waals surface area contributed by atoms with Crippen molar-refractivity contribution in [2.24, 2.45) is 0 Å². The van der Waals surface area contributed by atoms with E-state index >= 15 is 0 Å². The highest BCUT2D eigenvalue weighted by Crippen LogP contribution is 2.33. The maximum atomic E-state index is 12.4. The minimum absolute atomic E-state index is 0.0232. The van der Waals surface area contributed by atoms with Crippen LogP contribution in [0.3, 0.4) is 0 Å². The molecule has 0 radical (unpaired) electrons. The van der Waals surface area contributed by atoms with E-state index in [1.54, 1.807) is 0 Å². The number of halogens is 3. The van der Waals surface area contributed by atoms with Crippen molar-refractivity contribution in [2.45, 2.75) is 36.8 Å². The molecule has 1 saturated heterocycles. The lowest BCUT2D eigenvalue weighted by Gasteiger charge is -2.27. The Bertz CT molecular complexity index is 564. The average Bonchev–Trinajstić information content (AvgIpc) is 2.36. The zero-order valence-electron chi connectivity index (χ0n) is 10.6. The van der Waals surface area contributed by atoms with Gasteiger partial charge in [0.1, 0.15) is 0 Å². The van der Waals surface area contributed by atoms with Gasteiger partial charge in [-0.05, 0) is 30.5 Å². The van der Waals surface area contributed by atoms with E-state index in [9.17, 15) is 26.7 Å². The third-order valence-corrected chi connectivity index (χ3v) is 5.83. The summed E-state index contributed by atoms with van der Waals surface area (Å²) >= 11 is 0. The summed E-state index contributed by atoms with van der Waals surface area (Å²) in [7, 11) is -3.38. The van der Waals surface area contributed by atoms with Crippen LogP contribution >= 0.6 is 0 Å². The third-order valence-electron chi connectivity index (χ3n) is 3.56. The molecule has 20 heavy (non-hydrogen) atoms. The highest BCUT2D eigenvalue weighted by atomic mass is 32.2. The number of aliphatic hydroxyl groups excluding tert-OH is 1. The summed E-state index contributed by atoms with van der Waals surface area (Å²) in [5, 5.41) is 9.19. The van der Waals surface area contributed by atoms with Crippen LogP contribution in [-0.2, 0) is 16.0 Å². The molecular weight excluding hydrogens is 293 g/mol. The number of benzene rings is 1. The van der Waals surface area contributed by atoms with Gasteiger partial charge in [0, 0.05) is 0 Å². The first-order valence-corrected chi connectivity index (χ1v) is 8.00. The predicted molar refractivity (Wildman–Crippen MR) is 67.8 cm³/mol. The second-order valence-electron chi connectivity index (χ2n) is 4.97. The van der Waals surface area contributed by atoms with Gasteiger partial charge in [-0.1, -0.05) is 18.6 Å². The molecule has 1 aromatic rings. The molecule has 1 aliphatic heterocycles. The molecule has 1 aromatic carbocycles. The highest BCUT2D eigenvalue weighted by Gasteiger charge is 2.36. The van der Waals surface area contributed by atoms with E-state index in [0.29, 0.717) is 19.3 Å². The maximum Gasteiger partial charge on any atom is 0.416 e. The Kier molecular flexibility index (Phi) is 4.11. The molecule has 0 bridgehead atoms. The second-order valence-corrected chi connectivity index (χ2v) is 7.31. The largest absolute Gasteiger partial charge is 0.416 e. The summed E-state index contributed by atoms with van der Waals surface area (Å²) < 4.78 is 61.1. The van der Waals surface area contributed by atoms with Crippen molar-refractivity contribution < 1.29 is 26.7 Å². The van der Waals surface area contributed by atoms with Gasteiger partial charge in [0.2, 0.25) is 0 Å². The SMILES string of the molecule is O=S1(=O)CCCCC1C(O)c1ccc(C(F)(F)F)cc1. The molecule has 0 amide bonds. The molecular formula is C13H15F3O3S. The van der Waals surface area contributed by atoms with Gasteiger partial charge in [0.15, 0.2) is 9.84 Å². The van der Waals surface area contributed by atoms with Gasteiger partial charge in [0.05, 0.1) is 22.7 Å². The van der Waals surface area contributed by atoms with Crippen LogP contribution in [0.4, 0.5) is 13.2 Å². The summed E-state index contributed by atoms with van der Waals surface area (Å²) in [5.41, 5.74) is -0.617. The van der Waals surface area contributed by atoms with E-state index in [2.05, 4.69) is 0 Å². The average molecular weight is 308 g/mol. The summed E-state index contributed by atoms with van der Waals surface area (Å²) in [6.07, 6.45) is -4.12. The normalized spacial score (nSPS) is 24.3. The van der Waals surface area contributed by atoms with Crippen molar-refractivity contribution in [2.75, 3.05) is 5.75 Å². The number of sulfone groups is 1. The fourth-order valence-electron chi connectivity index (χ4n) is 2.42. The molecule has 1 aliphatic rings. The molecule has 0 saturated carbocycles. The van der Waals surface area contributed by atoms with Crippen molar-refractivity contribution in [3.8, 4) is 0 Å². The van der Waals surface area contributed by atoms with Crippen molar-refractivity contribution >= 4 is 9.84 Å². The van der Waals surface area contributed by atoms with Crippen molar-refractivity contribution in [3.05, 3.63) is 35.4 Å². The molecule has 2 rings (SSSR count). The van der Waals surface area contributed by atoms with Crippen molar-refractivity contribution in [1.29, 1.82) is 0 Å². The zero-order chi connectivity index (χ0) is 15.0. The van der Waals surface area contributed by atoms with E-state index in [4.69, 9.17) is 0 Å². The van der Waals surface area contributed by atoms with Gasteiger partial charge in [-0.3, -0.25) is 0 Å². The second kappa shape index (κ2) is 5.37. The van der Waals surface area contributed by atoms with Crippen LogP contribution in [0.15, 0.2) is 24.3 Å². The molecule has 0 aromatic heterocycles. The van der Waals surface area contributed by atoms with E-state index < -0.39 is 32.9 Å². The first-order chi connectivity index (χ1) is 9.22. The van der Waals surface area contributed by atoms with E-state index in [1.165, 1.54) is 0 Å². The van der Waals surface area contributed by atoms with E-state index in [1.807, 2.05) is 0 Å². The van der Waals surface area contributed by atoms with Crippen LogP contribution in [0.2, 0.25) is 0 Å². The molecule has 112 valence electrons. The van der Waals surface area contributed by atoms with Crippen LogP contribution in [0.25, 0.3) is 0 Å². The Balaban J connectivity index is 2.23. The third kappa shape index (κ3) is 3.15. The predicted octanol–water partition coefficient (Wildman–Crippen LogP) is 2.71. The Hall–Kier alpha value is -1.08. The first-order valence-electron chi connectivity index (χ1n) is 6.28. The van der Waals surface area contributed by atoms with Gasteiger partial charge < -0.3 is 5.11 Å². The lowest BCUT2D eigenvalue weighted by Crippen LogP contribution is -2.33. The Morgan fingerprint density at radius 2 is 1.75 bits per heavy atom. The zero-order valence-corrected chi connectivity index (χ0v) is 11.4. The van der Waals surface area contributed by atoms with Crippen LogP contribution < -0.4 is 0 Å². The molecule has 2 unspecified atom stereocenters. The van der Waals surface area contributed by atoms with E-state index in [-0.39, 0.29) is 11.3 Å². The number of hydrogen-bond acceptors (Lipinski definition) is 3. The number of aliphatic hydroxyl groups is 1. The van der Waals surface area contributed by atoms with Crippen molar-refractivity contribution in [3.63, 3.8) is 0 Å². The first kappa shape index (κ1) is 15.3. The molecule has 1 fully saturated rings. The van der Waals surface area contributed by atoms with Gasteiger partial charge >= 0.3 is 6.18 Å². The fourth-order valence-corrected chi connectivity index (χ4v) is 4.40. The lowest BCUT2D eigenvalue weighted by molar-refractivity contribution is -0.137. The maximum absolute atomic E-state index is 12.4. The molecule has 7 heteroatoms.